The molecule has 7 heteroatoms. The van der Waals surface area contributed by atoms with E-state index in [1.807, 2.05) is 18.2 Å². The number of aromatic amines is 1. The van der Waals surface area contributed by atoms with E-state index >= 15 is 0 Å². The number of rotatable bonds is 6. The summed E-state index contributed by atoms with van der Waals surface area (Å²) in [6, 6.07) is 17.8. The van der Waals surface area contributed by atoms with Crippen LogP contribution in [0.25, 0.3) is 22.5 Å². The fourth-order valence-electron chi connectivity index (χ4n) is 4.92. The molecular weight excluding hydrogens is 540 g/mol. The quantitative estimate of drug-likeness (QED) is 0.256. The van der Waals surface area contributed by atoms with Crippen LogP contribution in [0.5, 0.6) is 0 Å². The minimum absolute atomic E-state index is 0.193. The van der Waals surface area contributed by atoms with Gasteiger partial charge in [0.25, 0.3) is 0 Å². The molecule has 2 heterocycles. The second-order valence-corrected chi connectivity index (χ2v) is 10.2. The molecule has 1 atom stereocenters. The Morgan fingerprint density at radius 2 is 1.74 bits per heavy atom. The van der Waals surface area contributed by atoms with E-state index in [0.29, 0.717) is 12.0 Å². The van der Waals surface area contributed by atoms with E-state index < -0.39 is 0 Å². The SMILES string of the molecule is C[C@@H](NC1CCC(c2[nH]nc(-c3ccc(I)cc3)c2-c2ccncn2)CC1)c1ccc(F)cc1. The number of hydrogen-bond acceptors (Lipinski definition) is 4. The zero-order chi connectivity index (χ0) is 23.5. The van der Waals surface area contributed by atoms with Crippen molar-refractivity contribution in [1.29, 1.82) is 0 Å². The predicted octanol–water partition coefficient (Wildman–Crippen LogP) is 6.65. The maximum absolute atomic E-state index is 13.3. The van der Waals surface area contributed by atoms with Crippen LogP contribution in [0.2, 0.25) is 0 Å². The second kappa shape index (κ2) is 10.3. The Bertz CT molecular complexity index is 1220. The largest absolute Gasteiger partial charge is 0.307 e. The van der Waals surface area contributed by atoms with Gasteiger partial charge < -0.3 is 5.32 Å². The van der Waals surface area contributed by atoms with E-state index in [1.54, 1.807) is 12.5 Å². The summed E-state index contributed by atoms with van der Waals surface area (Å²) in [4.78, 5) is 8.67. The van der Waals surface area contributed by atoms with Crippen LogP contribution in [-0.4, -0.2) is 26.2 Å². The number of hydrogen-bond donors (Lipinski definition) is 2. The van der Waals surface area contributed by atoms with Crippen molar-refractivity contribution < 1.29 is 4.39 Å². The third-order valence-electron chi connectivity index (χ3n) is 6.74. The van der Waals surface area contributed by atoms with Gasteiger partial charge in [-0.25, -0.2) is 14.4 Å². The van der Waals surface area contributed by atoms with E-state index in [0.717, 1.165) is 59.5 Å². The van der Waals surface area contributed by atoms with Crippen molar-refractivity contribution >= 4 is 22.6 Å². The van der Waals surface area contributed by atoms with Crippen LogP contribution in [0.3, 0.4) is 0 Å². The van der Waals surface area contributed by atoms with Crippen LogP contribution < -0.4 is 5.32 Å². The second-order valence-electron chi connectivity index (χ2n) is 8.95. The summed E-state index contributed by atoms with van der Waals surface area (Å²) in [5.41, 5.74) is 6.29. The highest BCUT2D eigenvalue weighted by molar-refractivity contribution is 14.1. The Kier molecular flexibility index (Phi) is 7.01. The third-order valence-corrected chi connectivity index (χ3v) is 7.46. The normalized spacial score (nSPS) is 19.1. The van der Waals surface area contributed by atoms with Gasteiger partial charge in [-0.1, -0.05) is 24.3 Å². The smallest absolute Gasteiger partial charge is 0.123 e. The Hall–Kier alpha value is -2.65. The zero-order valence-electron chi connectivity index (χ0n) is 19.0. The highest BCUT2D eigenvalue weighted by Gasteiger charge is 2.29. The lowest BCUT2D eigenvalue weighted by Gasteiger charge is -2.31. The van der Waals surface area contributed by atoms with Gasteiger partial charge in [0.2, 0.25) is 0 Å². The average molecular weight is 567 g/mol. The first-order chi connectivity index (χ1) is 16.6. The first-order valence-electron chi connectivity index (χ1n) is 11.7. The van der Waals surface area contributed by atoms with Crippen LogP contribution >= 0.6 is 22.6 Å². The van der Waals surface area contributed by atoms with Crippen molar-refractivity contribution in [2.45, 2.75) is 50.6 Å². The van der Waals surface area contributed by atoms with Crippen molar-refractivity contribution in [2.24, 2.45) is 0 Å². The van der Waals surface area contributed by atoms with Crippen molar-refractivity contribution in [3.63, 3.8) is 0 Å². The van der Waals surface area contributed by atoms with Crippen LogP contribution in [0.15, 0.2) is 67.1 Å². The van der Waals surface area contributed by atoms with Crippen LogP contribution in [0, 0.1) is 9.39 Å². The van der Waals surface area contributed by atoms with E-state index in [9.17, 15) is 4.39 Å². The Labute approximate surface area is 212 Å². The van der Waals surface area contributed by atoms with Crippen LogP contribution in [0.1, 0.15) is 55.8 Å². The van der Waals surface area contributed by atoms with Gasteiger partial charge in [-0.3, -0.25) is 5.10 Å². The summed E-state index contributed by atoms with van der Waals surface area (Å²) < 4.78 is 14.5. The van der Waals surface area contributed by atoms with E-state index in [-0.39, 0.29) is 11.9 Å². The number of nitrogens with one attached hydrogen (secondary N) is 2. The summed E-state index contributed by atoms with van der Waals surface area (Å²) in [7, 11) is 0. The number of aromatic nitrogens is 4. The molecule has 0 spiro atoms. The van der Waals surface area contributed by atoms with E-state index in [4.69, 9.17) is 5.10 Å². The molecule has 1 aliphatic carbocycles. The first-order valence-corrected chi connectivity index (χ1v) is 12.8. The maximum Gasteiger partial charge on any atom is 0.123 e. The fourth-order valence-corrected chi connectivity index (χ4v) is 5.27. The fraction of sp³-hybridized carbons (Fsp3) is 0.296. The monoisotopic (exact) mass is 567 g/mol. The van der Waals surface area contributed by atoms with Gasteiger partial charge >= 0.3 is 0 Å². The molecule has 1 saturated carbocycles. The molecule has 5 rings (SSSR count). The maximum atomic E-state index is 13.3. The highest BCUT2D eigenvalue weighted by atomic mass is 127. The van der Waals surface area contributed by atoms with E-state index in [1.165, 1.54) is 15.7 Å². The van der Waals surface area contributed by atoms with Crippen molar-refractivity contribution in [2.75, 3.05) is 0 Å². The molecule has 5 nitrogen and oxygen atoms in total. The highest BCUT2D eigenvalue weighted by Crippen LogP contribution is 2.41. The Morgan fingerprint density at radius 3 is 2.41 bits per heavy atom. The minimum atomic E-state index is -0.194. The molecule has 34 heavy (non-hydrogen) atoms. The lowest BCUT2D eigenvalue weighted by Crippen LogP contribution is -2.34. The molecule has 0 radical (unpaired) electrons. The minimum Gasteiger partial charge on any atom is -0.307 e. The summed E-state index contributed by atoms with van der Waals surface area (Å²) >= 11 is 2.32. The summed E-state index contributed by atoms with van der Waals surface area (Å²) in [6.45, 7) is 2.15. The van der Waals surface area contributed by atoms with Gasteiger partial charge in [-0.15, -0.1) is 0 Å². The molecule has 2 N–H and O–H groups in total. The zero-order valence-corrected chi connectivity index (χ0v) is 21.2. The molecule has 174 valence electrons. The Balaban J connectivity index is 1.34. The number of H-pyrrole nitrogens is 1. The molecule has 0 saturated heterocycles. The summed E-state index contributed by atoms with van der Waals surface area (Å²) in [5.74, 6) is 0.203. The predicted molar refractivity (Wildman–Crippen MR) is 141 cm³/mol. The van der Waals surface area contributed by atoms with Gasteiger partial charge in [0, 0.05) is 44.6 Å². The van der Waals surface area contributed by atoms with Crippen molar-refractivity contribution in [1.82, 2.24) is 25.5 Å². The molecule has 2 aromatic carbocycles. The molecule has 0 amide bonds. The molecular formula is C27H27FIN5. The molecule has 0 aliphatic heterocycles. The molecule has 0 unspecified atom stereocenters. The molecule has 0 bridgehead atoms. The Morgan fingerprint density at radius 1 is 1.00 bits per heavy atom. The molecule has 2 aromatic heterocycles. The van der Waals surface area contributed by atoms with Crippen molar-refractivity contribution in [3.05, 3.63) is 87.8 Å². The molecule has 1 aliphatic rings. The van der Waals surface area contributed by atoms with Crippen LogP contribution in [-0.2, 0) is 0 Å². The van der Waals surface area contributed by atoms with E-state index in [2.05, 4.69) is 74.2 Å². The third kappa shape index (κ3) is 5.05. The van der Waals surface area contributed by atoms with Crippen LogP contribution in [0.4, 0.5) is 4.39 Å². The van der Waals surface area contributed by atoms with Gasteiger partial charge in [0.1, 0.15) is 17.8 Å². The van der Waals surface area contributed by atoms with Gasteiger partial charge in [0.05, 0.1) is 5.69 Å². The van der Waals surface area contributed by atoms with Gasteiger partial charge in [0.15, 0.2) is 0 Å². The number of benzene rings is 2. The topological polar surface area (TPSA) is 66.5 Å². The molecule has 4 aromatic rings. The lowest BCUT2D eigenvalue weighted by molar-refractivity contribution is 0.319. The summed E-state index contributed by atoms with van der Waals surface area (Å²) in [5, 5.41) is 11.9. The van der Waals surface area contributed by atoms with Gasteiger partial charge in [-0.05, 0) is 91.1 Å². The number of halogens is 2. The van der Waals surface area contributed by atoms with Gasteiger partial charge in [-0.2, -0.15) is 5.10 Å². The number of nitrogens with zero attached hydrogens (tertiary/aromatic N) is 3. The average Bonchev–Trinajstić information content (AvgIpc) is 3.31. The molecule has 1 fully saturated rings. The standard InChI is InChI=1S/C27H27FIN5/c1-17(18-2-8-21(28)9-3-18)32-23-12-6-20(7-13-23)27-25(24-14-15-30-16-31-24)26(33-34-27)19-4-10-22(29)11-5-19/h2-5,8-11,14-17,20,23,32H,6-7,12-13H2,1H3,(H,33,34)/t17-,20?,23?/m1/s1. The van der Waals surface area contributed by atoms with Crippen molar-refractivity contribution in [3.8, 4) is 22.5 Å². The lowest BCUT2D eigenvalue weighted by atomic mass is 9.81. The summed E-state index contributed by atoms with van der Waals surface area (Å²) in [6.07, 6.45) is 7.69. The first kappa shape index (κ1) is 23.1.